The third kappa shape index (κ3) is 5.82. The van der Waals surface area contributed by atoms with E-state index in [1.807, 2.05) is 56.3 Å². The Hall–Kier alpha value is -4.10. The molecule has 0 aliphatic carbocycles. The molecule has 0 unspecified atom stereocenters. The van der Waals surface area contributed by atoms with Gasteiger partial charge in [-0.3, -0.25) is 4.79 Å². The van der Waals surface area contributed by atoms with E-state index < -0.39 is 0 Å². The molecule has 1 aromatic heterocycles. The number of benzene rings is 3. The molecule has 8 heteroatoms. The molecule has 4 aromatic rings. The molecule has 1 amide bonds. The second kappa shape index (κ2) is 10.2. The molecular weight excluding hydrogens is 450 g/mol. The highest BCUT2D eigenvalue weighted by Gasteiger charge is 2.13. The largest absolute Gasteiger partial charge is 0.496 e. The first-order valence-electron chi connectivity index (χ1n) is 10.6. The van der Waals surface area contributed by atoms with E-state index in [1.54, 1.807) is 30.3 Å². The van der Waals surface area contributed by atoms with Crippen LogP contribution in [0, 0.1) is 13.8 Å². The van der Waals surface area contributed by atoms with Crippen LogP contribution in [0.5, 0.6) is 5.75 Å². The first-order valence-corrected chi connectivity index (χ1v) is 11.0. The Morgan fingerprint density at radius 3 is 1.94 bits per heavy atom. The number of hydrogen-bond acceptors (Lipinski definition) is 6. The Bertz CT molecular complexity index is 1310. The molecule has 0 aliphatic heterocycles. The van der Waals surface area contributed by atoms with Gasteiger partial charge in [0.15, 0.2) is 0 Å². The number of anilines is 5. The zero-order chi connectivity index (χ0) is 24.1. The maximum Gasteiger partial charge on any atom is 0.259 e. The molecule has 0 saturated carbocycles. The van der Waals surface area contributed by atoms with E-state index >= 15 is 0 Å². The van der Waals surface area contributed by atoms with Gasteiger partial charge in [-0.05, 0) is 68.4 Å². The van der Waals surface area contributed by atoms with Crippen LogP contribution in [0.4, 0.5) is 28.7 Å². The predicted octanol–water partition coefficient (Wildman–Crippen LogP) is 6.49. The number of ether oxygens (including phenoxy) is 1. The van der Waals surface area contributed by atoms with Crippen molar-refractivity contribution in [1.82, 2.24) is 9.97 Å². The molecule has 172 valence electrons. The van der Waals surface area contributed by atoms with Gasteiger partial charge in [0.1, 0.15) is 23.2 Å². The van der Waals surface area contributed by atoms with Crippen LogP contribution in [0.1, 0.15) is 21.7 Å². The number of hydrogen-bond donors (Lipinski definition) is 3. The molecule has 3 N–H and O–H groups in total. The van der Waals surface area contributed by atoms with E-state index in [9.17, 15) is 4.79 Å². The Balaban J connectivity index is 1.44. The quantitative estimate of drug-likeness (QED) is 0.284. The minimum absolute atomic E-state index is 0.307. The van der Waals surface area contributed by atoms with Gasteiger partial charge in [-0.2, -0.15) is 0 Å². The summed E-state index contributed by atoms with van der Waals surface area (Å²) in [4.78, 5) is 21.6. The average molecular weight is 474 g/mol. The summed E-state index contributed by atoms with van der Waals surface area (Å²) in [7, 11) is 1.51. The smallest absolute Gasteiger partial charge is 0.259 e. The summed E-state index contributed by atoms with van der Waals surface area (Å²) in [5, 5.41) is 9.90. The topological polar surface area (TPSA) is 88.2 Å². The molecule has 1 heterocycles. The maximum atomic E-state index is 12.7. The van der Waals surface area contributed by atoms with Gasteiger partial charge in [0, 0.05) is 28.2 Å². The van der Waals surface area contributed by atoms with Gasteiger partial charge >= 0.3 is 0 Å². The number of carbonyl (C=O) groups is 1. The Morgan fingerprint density at radius 2 is 1.35 bits per heavy atom. The van der Waals surface area contributed by atoms with Gasteiger partial charge in [-0.15, -0.1) is 0 Å². The molecule has 4 rings (SSSR count). The van der Waals surface area contributed by atoms with E-state index in [0.29, 0.717) is 39.5 Å². The normalized spacial score (nSPS) is 10.5. The van der Waals surface area contributed by atoms with Crippen LogP contribution in [0.3, 0.4) is 0 Å². The fraction of sp³-hybridized carbons (Fsp3) is 0.115. The van der Waals surface area contributed by atoms with Gasteiger partial charge in [-0.1, -0.05) is 29.3 Å². The number of aromatic nitrogens is 2. The van der Waals surface area contributed by atoms with Crippen molar-refractivity contribution in [2.45, 2.75) is 13.8 Å². The third-order valence-corrected chi connectivity index (χ3v) is 5.22. The maximum absolute atomic E-state index is 12.7. The van der Waals surface area contributed by atoms with E-state index in [2.05, 4.69) is 25.9 Å². The van der Waals surface area contributed by atoms with Gasteiger partial charge in [0.2, 0.25) is 0 Å². The first-order chi connectivity index (χ1) is 16.4. The molecule has 0 bridgehead atoms. The van der Waals surface area contributed by atoms with Crippen molar-refractivity contribution < 1.29 is 9.53 Å². The van der Waals surface area contributed by atoms with Crippen molar-refractivity contribution in [3.63, 3.8) is 0 Å². The van der Waals surface area contributed by atoms with Gasteiger partial charge < -0.3 is 20.7 Å². The van der Waals surface area contributed by atoms with E-state index in [4.69, 9.17) is 16.3 Å². The van der Waals surface area contributed by atoms with Crippen molar-refractivity contribution >= 4 is 46.2 Å². The number of carbonyl (C=O) groups excluding carboxylic acids is 1. The van der Waals surface area contributed by atoms with E-state index in [1.165, 1.54) is 12.7 Å². The predicted molar refractivity (Wildman–Crippen MR) is 137 cm³/mol. The number of halogens is 1. The fourth-order valence-corrected chi connectivity index (χ4v) is 3.49. The zero-order valence-electron chi connectivity index (χ0n) is 19.0. The first kappa shape index (κ1) is 23.1. The molecule has 0 radical (unpaired) electrons. The summed E-state index contributed by atoms with van der Waals surface area (Å²) in [5.41, 5.74) is 3.96. The molecule has 0 spiro atoms. The number of nitrogens with one attached hydrogen (secondary N) is 3. The van der Waals surface area contributed by atoms with Crippen LogP contribution in [-0.2, 0) is 0 Å². The monoisotopic (exact) mass is 473 g/mol. The van der Waals surface area contributed by atoms with Crippen LogP contribution < -0.4 is 20.7 Å². The average Bonchev–Trinajstić information content (AvgIpc) is 2.81. The van der Waals surface area contributed by atoms with Crippen LogP contribution in [0.25, 0.3) is 0 Å². The third-order valence-electron chi connectivity index (χ3n) is 4.98. The second-order valence-electron chi connectivity index (χ2n) is 7.68. The fourth-order valence-electron chi connectivity index (χ4n) is 3.32. The Labute approximate surface area is 203 Å². The van der Waals surface area contributed by atoms with Gasteiger partial charge in [-0.25, -0.2) is 9.97 Å². The van der Waals surface area contributed by atoms with Gasteiger partial charge in [0.25, 0.3) is 5.91 Å². The van der Waals surface area contributed by atoms with Crippen LogP contribution >= 0.6 is 11.6 Å². The molecule has 0 atom stereocenters. The summed E-state index contributed by atoms with van der Waals surface area (Å²) < 4.78 is 5.26. The summed E-state index contributed by atoms with van der Waals surface area (Å²) >= 11 is 6.03. The lowest BCUT2D eigenvalue weighted by Crippen LogP contribution is -2.13. The standard InChI is InChI=1S/C26H24ClN5O2/c1-16-4-7-19(8-5-16)30-24-15-25(29-17(2)28-24)31-20-9-11-21(12-10-20)32-26(33)22-14-18(27)6-13-23(22)34-3/h4-15H,1-3H3,(H,32,33)(H2,28,29,30,31). The van der Waals surface area contributed by atoms with Gasteiger partial charge in [0.05, 0.1) is 12.7 Å². The van der Waals surface area contributed by atoms with Crippen molar-refractivity contribution in [2.24, 2.45) is 0 Å². The highest BCUT2D eigenvalue weighted by atomic mass is 35.5. The summed E-state index contributed by atoms with van der Waals surface area (Å²) in [6, 6.07) is 22.2. The Kier molecular flexibility index (Phi) is 6.94. The van der Waals surface area contributed by atoms with E-state index in [0.717, 1.165) is 11.4 Å². The number of nitrogens with zero attached hydrogens (tertiary/aromatic N) is 2. The van der Waals surface area contributed by atoms with Crippen LogP contribution in [0.2, 0.25) is 5.02 Å². The molecule has 0 fully saturated rings. The lowest BCUT2D eigenvalue weighted by Gasteiger charge is -2.12. The summed E-state index contributed by atoms with van der Waals surface area (Å²) in [5.74, 6) is 2.13. The molecule has 3 aromatic carbocycles. The molecule has 34 heavy (non-hydrogen) atoms. The summed E-state index contributed by atoms with van der Waals surface area (Å²) in [6.45, 7) is 3.89. The lowest BCUT2D eigenvalue weighted by atomic mass is 10.1. The molecule has 0 aliphatic rings. The second-order valence-corrected chi connectivity index (χ2v) is 8.11. The van der Waals surface area contributed by atoms with Crippen LogP contribution in [0.15, 0.2) is 72.8 Å². The Morgan fingerprint density at radius 1 is 0.794 bits per heavy atom. The number of aryl methyl sites for hydroxylation is 2. The highest BCUT2D eigenvalue weighted by molar-refractivity contribution is 6.31. The molecular formula is C26H24ClN5O2. The minimum Gasteiger partial charge on any atom is -0.496 e. The molecule has 7 nitrogen and oxygen atoms in total. The van der Waals surface area contributed by atoms with Crippen molar-refractivity contribution in [1.29, 1.82) is 0 Å². The highest BCUT2D eigenvalue weighted by Crippen LogP contribution is 2.25. The van der Waals surface area contributed by atoms with Crippen LogP contribution in [-0.4, -0.2) is 23.0 Å². The molecule has 0 saturated heterocycles. The number of methoxy groups -OCH3 is 1. The van der Waals surface area contributed by atoms with Crippen molar-refractivity contribution in [2.75, 3.05) is 23.1 Å². The van der Waals surface area contributed by atoms with Crippen molar-refractivity contribution in [3.05, 3.63) is 94.8 Å². The minimum atomic E-state index is -0.307. The number of amides is 1. The van der Waals surface area contributed by atoms with E-state index in [-0.39, 0.29) is 5.91 Å². The lowest BCUT2D eigenvalue weighted by molar-refractivity contribution is 0.102. The number of rotatable bonds is 7. The summed E-state index contributed by atoms with van der Waals surface area (Å²) in [6.07, 6.45) is 0. The van der Waals surface area contributed by atoms with Crippen molar-refractivity contribution in [3.8, 4) is 5.75 Å². The zero-order valence-corrected chi connectivity index (χ0v) is 19.8. The SMILES string of the molecule is COc1ccc(Cl)cc1C(=O)Nc1ccc(Nc2cc(Nc3ccc(C)cc3)nc(C)n2)cc1.